The van der Waals surface area contributed by atoms with Crippen LogP contribution in [0, 0.1) is 0 Å². The zero-order valence-electron chi connectivity index (χ0n) is 5.36. The van der Waals surface area contributed by atoms with Crippen LogP contribution in [0.5, 0.6) is 0 Å². The summed E-state index contributed by atoms with van der Waals surface area (Å²) >= 11 is 2.96. The number of hydrogen-bond acceptors (Lipinski definition) is 3. The van der Waals surface area contributed by atoms with Gasteiger partial charge in [0, 0.05) is 6.20 Å². The molecule has 0 aliphatic rings. The summed E-state index contributed by atoms with van der Waals surface area (Å²) in [5.74, 6) is 0. The van der Waals surface area contributed by atoms with Crippen LogP contribution in [0.4, 0.5) is 0 Å². The molecule has 0 aromatic carbocycles. The molecule has 1 heterocycles. The van der Waals surface area contributed by atoms with Crippen molar-refractivity contribution < 1.29 is 8.42 Å². The van der Waals surface area contributed by atoms with Crippen LogP contribution >= 0.6 is 15.9 Å². The molecule has 2 N–H and O–H groups in total. The van der Waals surface area contributed by atoms with E-state index in [0.717, 1.165) is 0 Å². The maximum absolute atomic E-state index is 10.8. The van der Waals surface area contributed by atoms with E-state index in [1.807, 2.05) is 0 Å². The molecule has 1 aromatic heterocycles. The summed E-state index contributed by atoms with van der Waals surface area (Å²) < 4.78 is 21.8. The predicted molar refractivity (Wildman–Crippen MR) is 43.3 cm³/mol. The molecular weight excluding hydrogens is 232 g/mol. The molecule has 0 unspecified atom stereocenters. The molecule has 11 heavy (non-hydrogen) atoms. The monoisotopic (exact) mass is 236 g/mol. The Bertz CT molecular complexity index is 363. The third kappa shape index (κ3) is 1.98. The molecule has 0 amide bonds. The minimum Gasteiger partial charge on any atom is -0.248 e. The first-order valence-corrected chi connectivity index (χ1v) is 4.99. The molecule has 1 aromatic rings. The van der Waals surface area contributed by atoms with Crippen LogP contribution in [0.15, 0.2) is 27.8 Å². The topological polar surface area (TPSA) is 73.1 Å². The van der Waals surface area contributed by atoms with Crippen molar-refractivity contribution in [3.63, 3.8) is 0 Å². The van der Waals surface area contributed by atoms with Crippen molar-refractivity contribution in [2.24, 2.45) is 5.14 Å². The van der Waals surface area contributed by atoms with Crippen LogP contribution in [0.25, 0.3) is 0 Å². The maximum Gasteiger partial charge on any atom is 0.240 e. The number of rotatable bonds is 1. The number of sulfonamides is 1. The summed E-state index contributed by atoms with van der Waals surface area (Å²) in [5.41, 5.74) is 0. The first-order valence-electron chi connectivity index (χ1n) is 2.65. The zero-order valence-corrected chi connectivity index (χ0v) is 7.76. The van der Waals surface area contributed by atoms with Gasteiger partial charge in [-0.25, -0.2) is 18.5 Å². The third-order valence-corrected chi connectivity index (χ3v) is 2.87. The fourth-order valence-corrected chi connectivity index (χ4v) is 2.07. The highest BCUT2D eigenvalue weighted by Crippen LogP contribution is 2.15. The van der Waals surface area contributed by atoms with Crippen molar-refractivity contribution in [3.8, 4) is 0 Å². The van der Waals surface area contributed by atoms with Gasteiger partial charge in [-0.3, -0.25) is 0 Å². The van der Waals surface area contributed by atoms with Gasteiger partial charge in [-0.2, -0.15) is 0 Å². The Labute approximate surface area is 72.6 Å². The molecule has 0 atom stereocenters. The van der Waals surface area contributed by atoms with Crippen LogP contribution in [0.1, 0.15) is 0 Å². The minimum absolute atomic E-state index is 0.000000000000000444. The van der Waals surface area contributed by atoms with Gasteiger partial charge in [0.15, 0.2) is 0 Å². The van der Waals surface area contributed by atoms with Gasteiger partial charge in [0.1, 0.15) is 9.50 Å². The first-order chi connectivity index (χ1) is 5.02. The van der Waals surface area contributed by atoms with Crippen molar-refractivity contribution in [2.45, 2.75) is 4.90 Å². The molecule has 1 rings (SSSR count). The maximum atomic E-state index is 10.8. The van der Waals surface area contributed by atoms with Crippen molar-refractivity contribution in [2.75, 3.05) is 0 Å². The van der Waals surface area contributed by atoms with Gasteiger partial charge in [-0.15, -0.1) is 0 Å². The van der Waals surface area contributed by atoms with E-state index in [0.29, 0.717) is 0 Å². The van der Waals surface area contributed by atoms with Gasteiger partial charge in [0.05, 0.1) is 0 Å². The summed E-state index contributed by atoms with van der Waals surface area (Å²) in [7, 11) is -3.64. The second kappa shape index (κ2) is 2.88. The number of hydrogen-bond donors (Lipinski definition) is 1. The van der Waals surface area contributed by atoms with Gasteiger partial charge >= 0.3 is 0 Å². The lowest BCUT2D eigenvalue weighted by molar-refractivity contribution is 0.597. The summed E-state index contributed by atoms with van der Waals surface area (Å²) in [4.78, 5) is 3.70. The van der Waals surface area contributed by atoms with Crippen LogP contribution in [-0.4, -0.2) is 13.4 Å². The summed E-state index contributed by atoms with van der Waals surface area (Å²) in [6.45, 7) is 0. The largest absolute Gasteiger partial charge is 0.248 e. The minimum atomic E-state index is -3.64. The molecule has 0 radical (unpaired) electrons. The predicted octanol–water partition coefficient (Wildman–Crippen LogP) is 0.492. The Balaban J connectivity index is 3.37. The Morgan fingerprint density at radius 1 is 1.55 bits per heavy atom. The van der Waals surface area contributed by atoms with E-state index in [-0.39, 0.29) is 9.50 Å². The smallest absolute Gasteiger partial charge is 0.240 e. The second-order valence-corrected chi connectivity index (χ2v) is 4.12. The lowest BCUT2D eigenvalue weighted by Gasteiger charge is -1.97. The van der Waals surface area contributed by atoms with Crippen LogP contribution < -0.4 is 5.14 Å². The van der Waals surface area contributed by atoms with Crippen molar-refractivity contribution in [1.29, 1.82) is 0 Å². The molecule has 60 valence electrons. The highest BCUT2D eigenvalue weighted by Gasteiger charge is 2.11. The van der Waals surface area contributed by atoms with Gasteiger partial charge in [0.2, 0.25) is 10.0 Å². The van der Waals surface area contributed by atoms with E-state index >= 15 is 0 Å². The molecule has 0 aliphatic heterocycles. The van der Waals surface area contributed by atoms with E-state index in [1.54, 1.807) is 0 Å². The van der Waals surface area contributed by atoms with E-state index < -0.39 is 10.0 Å². The van der Waals surface area contributed by atoms with E-state index in [2.05, 4.69) is 20.9 Å². The molecule has 6 heteroatoms. The zero-order chi connectivity index (χ0) is 8.48. The molecular formula is C5H5BrN2O2S. The van der Waals surface area contributed by atoms with Crippen LogP contribution in [0.2, 0.25) is 0 Å². The fraction of sp³-hybridized carbons (Fsp3) is 0. The van der Waals surface area contributed by atoms with Gasteiger partial charge < -0.3 is 0 Å². The summed E-state index contributed by atoms with van der Waals surface area (Å²) in [6, 6.07) is 2.89. The number of nitrogens with two attached hydrogens (primary N) is 1. The molecule has 0 bridgehead atoms. The quantitative estimate of drug-likeness (QED) is 0.722. The van der Waals surface area contributed by atoms with E-state index in [9.17, 15) is 8.42 Å². The number of pyridine rings is 1. The van der Waals surface area contributed by atoms with E-state index in [4.69, 9.17) is 5.14 Å². The highest BCUT2D eigenvalue weighted by atomic mass is 79.9. The van der Waals surface area contributed by atoms with Crippen molar-refractivity contribution in [1.82, 2.24) is 4.98 Å². The number of nitrogens with zero attached hydrogens (tertiary/aromatic N) is 1. The van der Waals surface area contributed by atoms with Gasteiger partial charge in [-0.05, 0) is 28.1 Å². The van der Waals surface area contributed by atoms with Crippen LogP contribution in [-0.2, 0) is 10.0 Å². The average Bonchev–Trinajstić information content (AvgIpc) is 1.86. The Morgan fingerprint density at radius 2 is 2.18 bits per heavy atom. The normalized spacial score (nSPS) is 11.5. The summed E-state index contributed by atoms with van der Waals surface area (Å²) in [6.07, 6.45) is 1.47. The van der Waals surface area contributed by atoms with Gasteiger partial charge in [0.25, 0.3) is 0 Å². The molecule has 4 nitrogen and oxygen atoms in total. The number of halogens is 1. The number of aromatic nitrogens is 1. The third-order valence-electron chi connectivity index (χ3n) is 1.03. The standard InChI is InChI=1S/C5H5BrN2O2S/c6-5-4(11(7,9)10)2-1-3-8-5/h1-3H,(H2,7,9,10). The Morgan fingerprint density at radius 3 is 2.55 bits per heavy atom. The molecule has 0 spiro atoms. The molecule has 0 aliphatic carbocycles. The SMILES string of the molecule is NS(=O)(=O)c1cccnc1Br. The van der Waals surface area contributed by atoms with Gasteiger partial charge in [-0.1, -0.05) is 0 Å². The first kappa shape index (κ1) is 8.63. The molecule has 0 fully saturated rings. The lowest BCUT2D eigenvalue weighted by atomic mass is 10.5. The fourth-order valence-electron chi connectivity index (χ4n) is 0.584. The highest BCUT2D eigenvalue weighted by molar-refractivity contribution is 9.10. The Hall–Kier alpha value is -0.460. The second-order valence-electron chi connectivity index (χ2n) is 1.84. The Kier molecular flexibility index (Phi) is 2.26. The van der Waals surface area contributed by atoms with Crippen molar-refractivity contribution in [3.05, 3.63) is 22.9 Å². The summed E-state index contributed by atoms with van der Waals surface area (Å²) in [5, 5.41) is 4.86. The van der Waals surface area contributed by atoms with Crippen LogP contribution in [0.3, 0.4) is 0 Å². The lowest BCUT2D eigenvalue weighted by Crippen LogP contribution is -2.13. The molecule has 0 saturated carbocycles. The average molecular weight is 237 g/mol. The van der Waals surface area contributed by atoms with E-state index in [1.165, 1.54) is 18.3 Å². The number of primary sulfonamides is 1. The molecule has 0 saturated heterocycles. The van der Waals surface area contributed by atoms with Crippen molar-refractivity contribution >= 4 is 26.0 Å².